The summed E-state index contributed by atoms with van der Waals surface area (Å²) >= 11 is 6.13. The number of nitrogens with two attached hydrogens (primary N) is 1. The van der Waals surface area contributed by atoms with Crippen molar-refractivity contribution in [1.29, 1.82) is 0 Å². The zero-order valence-electron chi connectivity index (χ0n) is 11.2. The van der Waals surface area contributed by atoms with Gasteiger partial charge in [0.25, 0.3) is 0 Å². The molecule has 0 bridgehead atoms. The van der Waals surface area contributed by atoms with Gasteiger partial charge in [-0.05, 0) is 49.2 Å². The number of hydrogen-bond acceptors (Lipinski definition) is 3. The highest BCUT2D eigenvalue weighted by Gasteiger charge is 2.10. The second-order valence-corrected chi connectivity index (χ2v) is 4.83. The Bertz CT molecular complexity index is 646. The molecule has 0 spiro atoms. The summed E-state index contributed by atoms with van der Waals surface area (Å²) < 4.78 is 5.82. The van der Waals surface area contributed by atoms with Crippen molar-refractivity contribution < 1.29 is 9.94 Å². The molecular weight excluding hydrogens is 276 g/mol. The molecule has 0 atom stereocenters. The summed E-state index contributed by atoms with van der Waals surface area (Å²) in [6, 6.07) is 10.8. The Balaban J connectivity index is 2.41. The van der Waals surface area contributed by atoms with Gasteiger partial charge in [-0.3, -0.25) is 0 Å². The van der Waals surface area contributed by atoms with Crippen LogP contribution in [-0.2, 0) is 0 Å². The monoisotopic (exact) mass is 290 g/mol. The predicted molar refractivity (Wildman–Crippen MR) is 80.0 cm³/mol. The van der Waals surface area contributed by atoms with Crippen LogP contribution in [0.25, 0.3) is 0 Å². The first-order valence-corrected chi connectivity index (χ1v) is 6.42. The highest BCUT2D eigenvalue weighted by molar-refractivity contribution is 6.32. The van der Waals surface area contributed by atoms with E-state index < -0.39 is 0 Å². The van der Waals surface area contributed by atoms with Crippen LogP contribution in [0.5, 0.6) is 11.5 Å². The highest BCUT2D eigenvalue weighted by atomic mass is 35.5. The van der Waals surface area contributed by atoms with Crippen LogP contribution in [-0.4, -0.2) is 11.0 Å². The summed E-state index contributed by atoms with van der Waals surface area (Å²) in [6.07, 6.45) is 0. The number of aryl methyl sites for hydroxylation is 2. The molecule has 0 saturated carbocycles. The number of oxime groups is 1. The van der Waals surface area contributed by atoms with Crippen molar-refractivity contribution in [1.82, 2.24) is 0 Å². The van der Waals surface area contributed by atoms with Gasteiger partial charge >= 0.3 is 0 Å². The minimum absolute atomic E-state index is 0.00278. The standard InChI is InChI=1S/C15H15ClN2O2/c1-9-7-11(8-10(2)14(9)16)20-13-6-4-3-5-12(13)15(17)18-19/h3-8,19H,1-2H3,(H2,17,18). The summed E-state index contributed by atoms with van der Waals surface area (Å²) in [5.74, 6) is 1.18. The van der Waals surface area contributed by atoms with E-state index in [1.54, 1.807) is 18.2 Å². The second kappa shape index (κ2) is 5.84. The fourth-order valence-corrected chi connectivity index (χ4v) is 2.02. The molecule has 5 heteroatoms. The molecule has 4 nitrogen and oxygen atoms in total. The van der Waals surface area contributed by atoms with E-state index in [9.17, 15) is 0 Å². The lowest BCUT2D eigenvalue weighted by Crippen LogP contribution is -2.14. The van der Waals surface area contributed by atoms with Gasteiger partial charge in [-0.1, -0.05) is 28.9 Å². The minimum Gasteiger partial charge on any atom is -0.457 e. The number of para-hydroxylation sites is 1. The van der Waals surface area contributed by atoms with Gasteiger partial charge in [0.05, 0.1) is 5.56 Å². The van der Waals surface area contributed by atoms with E-state index >= 15 is 0 Å². The molecular formula is C15H15ClN2O2. The van der Waals surface area contributed by atoms with Crippen LogP contribution < -0.4 is 10.5 Å². The number of ether oxygens (including phenoxy) is 1. The van der Waals surface area contributed by atoms with Gasteiger partial charge in [-0.15, -0.1) is 0 Å². The maximum Gasteiger partial charge on any atom is 0.173 e. The van der Waals surface area contributed by atoms with E-state index in [0.717, 1.165) is 16.1 Å². The van der Waals surface area contributed by atoms with Crippen LogP contribution >= 0.6 is 11.6 Å². The number of amidine groups is 1. The van der Waals surface area contributed by atoms with Crippen LogP contribution in [0.15, 0.2) is 41.6 Å². The van der Waals surface area contributed by atoms with Crippen LogP contribution in [0, 0.1) is 13.8 Å². The largest absolute Gasteiger partial charge is 0.457 e. The Morgan fingerprint density at radius 2 is 1.80 bits per heavy atom. The van der Waals surface area contributed by atoms with E-state index in [4.69, 9.17) is 27.3 Å². The zero-order chi connectivity index (χ0) is 14.7. The van der Waals surface area contributed by atoms with Gasteiger partial charge in [-0.25, -0.2) is 0 Å². The number of benzene rings is 2. The Hall–Kier alpha value is -2.20. The molecule has 20 heavy (non-hydrogen) atoms. The molecule has 2 aromatic rings. The van der Waals surface area contributed by atoms with Crippen molar-refractivity contribution in [2.45, 2.75) is 13.8 Å². The van der Waals surface area contributed by atoms with Gasteiger partial charge in [0, 0.05) is 5.02 Å². The van der Waals surface area contributed by atoms with Gasteiger partial charge < -0.3 is 15.7 Å². The third kappa shape index (κ3) is 2.86. The summed E-state index contributed by atoms with van der Waals surface area (Å²) in [5, 5.41) is 12.5. The van der Waals surface area contributed by atoms with Crippen molar-refractivity contribution in [3.05, 3.63) is 58.1 Å². The molecule has 3 N–H and O–H groups in total. The molecule has 0 heterocycles. The Labute approximate surface area is 122 Å². The van der Waals surface area contributed by atoms with Crippen molar-refractivity contribution in [2.75, 3.05) is 0 Å². The number of halogens is 1. The average Bonchev–Trinajstić information content (AvgIpc) is 2.44. The first-order valence-electron chi connectivity index (χ1n) is 6.04. The van der Waals surface area contributed by atoms with Crippen LogP contribution in [0.1, 0.15) is 16.7 Å². The van der Waals surface area contributed by atoms with Crippen molar-refractivity contribution in [2.24, 2.45) is 10.9 Å². The second-order valence-electron chi connectivity index (χ2n) is 4.45. The molecule has 0 aliphatic heterocycles. The lowest BCUT2D eigenvalue weighted by molar-refractivity contribution is 0.318. The van der Waals surface area contributed by atoms with Crippen molar-refractivity contribution >= 4 is 17.4 Å². The van der Waals surface area contributed by atoms with Gasteiger partial charge in [-0.2, -0.15) is 0 Å². The summed E-state index contributed by atoms with van der Waals surface area (Å²) in [7, 11) is 0. The molecule has 0 aliphatic rings. The van der Waals surface area contributed by atoms with Crippen LogP contribution in [0.2, 0.25) is 5.02 Å². The van der Waals surface area contributed by atoms with E-state index in [0.29, 0.717) is 17.1 Å². The summed E-state index contributed by atoms with van der Waals surface area (Å²) in [5.41, 5.74) is 8.03. The fraction of sp³-hybridized carbons (Fsp3) is 0.133. The third-order valence-electron chi connectivity index (χ3n) is 2.91. The molecule has 0 fully saturated rings. The van der Waals surface area contributed by atoms with E-state index in [-0.39, 0.29) is 5.84 Å². The first kappa shape index (κ1) is 14.2. The molecule has 0 saturated heterocycles. The molecule has 0 radical (unpaired) electrons. The maximum atomic E-state index is 8.79. The van der Waals surface area contributed by atoms with Crippen LogP contribution in [0.3, 0.4) is 0 Å². The van der Waals surface area contributed by atoms with Crippen LogP contribution in [0.4, 0.5) is 0 Å². The lowest BCUT2D eigenvalue weighted by atomic mass is 10.1. The first-order chi connectivity index (χ1) is 9.52. The lowest BCUT2D eigenvalue weighted by Gasteiger charge is -2.12. The molecule has 0 aliphatic carbocycles. The predicted octanol–water partition coefficient (Wildman–Crippen LogP) is 3.84. The third-order valence-corrected chi connectivity index (χ3v) is 3.50. The Morgan fingerprint density at radius 1 is 1.20 bits per heavy atom. The molecule has 2 rings (SSSR count). The van der Waals surface area contributed by atoms with Crippen molar-refractivity contribution in [3.63, 3.8) is 0 Å². The summed E-state index contributed by atoms with van der Waals surface area (Å²) in [4.78, 5) is 0. The van der Waals surface area contributed by atoms with Crippen molar-refractivity contribution in [3.8, 4) is 11.5 Å². The van der Waals surface area contributed by atoms with Gasteiger partial charge in [0.15, 0.2) is 5.84 Å². The van der Waals surface area contributed by atoms with E-state index in [1.165, 1.54) is 0 Å². The topological polar surface area (TPSA) is 67.8 Å². The fourth-order valence-electron chi connectivity index (χ4n) is 1.91. The minimum atomic E-state index is 0.00278. The zero-order valence-corrected chi connectivity index (χ0v) is 12.0. The number of rotatable bonds is 3. The normalized spacial score (nSPS) is 11.4. The molecule has 0 unspecified atom stereocenters. The Morgan fingerprint density at radius 3 is 2.40 bits per heavy atom. The number of hydrogen-bond donors (Lipinski definition) is 2. The van der Waals surface area contributed by atoms with Gasteiger partial charge in [0.2, 0.25) is 0 Å². The van der Waals surface area contributed by atoms with E-state index in [2.05, 4.69) is 5.16 Å². The molecule has 104 valence electrons. The molecule has 0 amide bonds. The molecule has 0 aromatic heterocycles. The van der Waals surface area contributed by atoms with E-state index in [1.807, 2.05) is 32.0 Å². The molecule has 2 aromatic carbocycles. The number of nitrogens with zero attached hydrogens (tertiary/aromatic N) is 1. The van der Waals surface area contributed by atoms with Gasteiger partial charge in [0.1, 0.15) is 11.5 Å². The smallest absolute Gasteiger partial charge is 0.173 e. The summed E-state index contributed by atoms with van der Waals surface area (Å²) in [6.45, 7) is 3.83. The maximum absolute atomic E-state index is 8.79. The SMILES string of the molecule is Cc1cc(Oc2ccccc2/C(N)=N/O)cc(C)c1Cl. The average molecular weight is 291 g/mol. The Kier molecular flexibility index (Phi) is 4.15. The quantitative estimate of drug-likeness (QED) is 0.390. The highest BCUT2D eigenvalue weighted by Crippen LogP contribution is 2.30.